The van der Waals surface area contributed by atoms with Crippen molar-refractivity contribution in [2.75, 3.05) is 0 Å². The van der Waals surface area contributed by atoms with Gasteiger partial charge in [-0.15, -0.1) is 0 Å². The van der Waals surface area contributed by atoms with Gasteiger partial charge in [-0.3, -0.25) is 4.40 Å². The Morgan fingerprint density at radius 2 is 1.77 bits per heavy atom. The molecule has 0 aliphatic heterocycles. The van der Waals surface area contributed by atoms with Crippen molar-refractivity contribution in [3.05, 3.63) is 78.0 Å². The summed E-state index contributed by atoms with van der Waals surface area (Å²) in [6, 6.07) is 20.1. The number of pyridine rings is 1. The van der Waals surface area contributed by atoms with Crippen molar-refractivity contribution in [1.29, 1.82) is 0 Å². The van der Waals surface area contributed by atoms with E-state index in [1.807, 2.05) is 47.9 Å². The van der Waals surface area contributed by atoms with Crippen LogP contribution in [-0.4, -0.2) is 15.5 Å². The number of amides is 1. The summed E-state index contributed by atoms with van der Waals surface area (Å²) in [5.74, 6) is 0.336. The first-order valence-electron chi connectivity index (χ1n) is 10.4. The number of nitrogens with zero attached hydrogens (tertiary/aromatic N) is 2. The lowest BCUT2D eigenvalue weighted by molar-refractivity contribution is 0.211. The summed E-state index contributed by atoms with van der Waals surface area (Å²) < 4.78 is 7.23. The minimum absolute atomic E-state index is 0.209. The number of hydrogen-bond donors (Lipinski definition) is 2. The Morgan fingerprint density at radius 1 is 1.06 bits per heavy atom. The van der Waals surface area contributed by atoms with E-state index in [1.165, 1.54) is 6.42 Å². The average Bonchev–Trinajstić information content (AvgIpc) is 3.12. The van der Waals surface area contributed by atoms with Crippen LogP contribution < -0.4 is 16.2 Å². The number of rotatable bonds is 4. The van der Waals surface area contributed by atoms with E-state index < -0.39 is 6.09 Å². The third kappa shape index (κ3) is 3.35. The van der Waals surface area contributed by atoms with Gasteiger partial charge in [0, 0.05) is 22.9 Å². The molecule has 0 saturated heterocycles. The molecule has 0 bridgehead atoms. The summed E-state index contributed by atoms with van der Waals surface area (Å²) in [5.41, 5.74) is 17.9. The van der Waals surface area contributed by atoms with Crippen LogP contribution in [0.3, 0.4) is 0 Å². The first kappa shape index (κ1) is 19.3. The predicted molar refractivity (Wildman–Crippen MR) is 121 cm³/mol. The fourth-order valence-electron chi connectivity index (χ4n) is 4.31. The zero-order valence-electron chi connectivity index (χ0n) is 17.3. The van der Waals surface area contributed by atoms with Crippen LogP contribution in [0.25, 0.3) is 28.2 Å². The lowest BCUT2D eigenvalue weighted by Gasteiger charge is -2.38. The second-order valence-electron chi connectivity index (χ2n) is 8.26. The van der Waals surface area contributed by atoms with Crippen LogP contribution in [0.2, 0.25) is 0 Å². The number of hydrogen-bond acceptors (Lipinski definition) is 4. The topological polar surface area (TPSA) is 95.6 Å². The molecule has 1 amide bonds. The molecule has 6 heteroatoms. The molecule has 6 nitrogen and oxygen atoms in total. The summed E-state index contributed by atoms with van der Waals surface area (Å²) >= 11 is 0. The number of carbonyl (C=O) groups is 1. The zero-order chi connectivity index (χ0) is 21.6. The summed E-state index contributed by atoms with van der Waals surface area (Å²) in [5, 5.41) is 0. The van der Waals surface area contributed by atoms with Gasteiger partial charge in [0.1, 0.15) is 0 Å². The Balaban J connectivity index is 1.72. The lowest BCUT2D eigenvalue weighted by Crippen LogP contribution is -2.43. The smallest absolute Gasteiger partial charge is 0.406 e. The molecule has 4 N–H and O–H groups in total. The van der Waals surface area contributed by atoms with Gasteiger partial charge in [-0.05, 0) is 43.4 Å². The van der Waals surface area contributed by atoms with Crippen LogP contribution in [-0.2, 0) is 5.54 Å². The van der Waals surface area contributed by atoms with Gasteiger partial charge >= 0.3 is 6.09 Å². The van der Waals surface area contributed by atoms with Crippen LogP contribution in [0, 0.1) is 6.92 Å². The van der Waals surface area contributed by atoms with Crippen molar-refractivity contribution in [3.8, 4) is 28.3 Å². The third-order valence-electron chi connectivity index (χ3n) is 6.06. The Labute approximate surface area is 180 Å². The van der Waals surface area contributed by atoms with E-state index in [9.17, 15) is 4.79 Å². The highest BCUT2D eigenvalue weighted by Crippen LogP contribution is 2.40. The first-order chi connectivity index (χ1) is 14.9. The molecule has 2 aromatic heterocycles. The van der Waals surface area contributed by atoms with Crippen LogP contribution >= 0.6 is 0 Å². The number of benzene rings is 2. The van der Waals surface area contributed by atoms with E-state index in [4.69, 9.17) is 21.2 Å². The number of aromatic nitrogens is 2. The van der Waals surface area contributed by atoms with Crippen molar-refractivity contribution in [3.63, 3.8) is 0 Å². The molecule has 4 aromatic rings. The zero-order valence-corrected chi connectivity index (χ0v) is 17.3. The highest BCUT2D eigenvalue weighted by atomic mass is 16.5. The van der Waals surface area contributed by atoms with Crippen molar-refractivity contribution in [2.45, 2.75) is 31.7 Å². The van der Waals surface area contributed by atoms with E-state index in [0.717, 1.165) is 46.5 Å². The van der Waals surface area contributed by atoms with Crippen molar-refractivity contribution >= 4 is 11.7 Å². The maximum Gasteiger partial charge on any atom is 0.410 e. The Hall–Kier alpha value is -3.64. The second kappa shape index (κ2) is 7.25. The summed E-state index contributed by atoms with van der Waals surface area (Å²) in [6.07, 6.45) is 4.33. The van der Waals surface area contributed by atoms with Crippen LogP contribution in [0.15, 0.2) is 66.9 Å². The van der Waals surface area contributed by atoms with Crippen molar-refractivity contribution < 1.29 is 9.53 Å². The number of ether oxygens (including phenoxy) is 1. The van der Waals surface area contributed by atoms with E-state index >= 15 is 0 Å². The second-order valence-corrected chi connectivity index (χ2v) is 8.26. The van der Waals surface area contributed by atoms with Crippen molar-refractivity contribution in [1.82, 2.24) is 9.38 Å². The molecule has 5 rings (SSSR count). The number of fused-ring (bicyclic) bond motifs is 1. The normalized spacial score (nSPS) is 14.9. The Bertz CT molecular complexity index is 1270. The molecule has 0 radical (unpaired) electrons. The van der Waals surface area contributed by atoms with E-state index in [-0.39, 0.29) is 5.54 Å². The maximum absolute atomic E-state index is 11.5. The predicted octanol–water partition coefficient (Wildman–Crippen LogP) is 4.77. The molecule has 0 spiro atoms. The van der Waals surface area contributed by atoms with E-state index in [2.05, 4.69) is 24.3 Å². The molecule has 1 fully saturated rings. The fraction of sp³-hybridized carbons (Fsp3) is 0.200. The number of nitrogens with two attached hydrogens (primary N) is 2. The molecule has 2 aromatic carbocycles. The third-order valence-corrected chi connectivity index (χ3v) is 6.06. The summed E-state index contributed by atoms with van der Waals surface area (Å²) in [6.45, 7) is 1.94. The monoisotopic (exact) mass is 412 g/mol. The average molecular weight is 412 g/mol. The molecular weight excluding hydrogens is 388 g/mol. The Morgan fingerprint density at radius 3 is 2.39 bits per heavy atom. The van der Waals surface area contributed by atoms with E-state index in [1.54, 1.807) is 6.07 Å². The molecule has 1 saturated carbocycles. The number of aryl methyl sites for hydroxylation is 1. The molecule has 156 valence electrons. The van der Waals surface area contributed by atoms with Crippen molar-refractivity contribution in [2.24, 2.45) is 11.5 Å². The van der Waals surface area contributed by atoms with Gasteiger partial charge in [0.2, 0.25) is 0 Å². The highest BCUT2D eigenvalue weighted by Gasteiger charge is 2.34. The van der Waals surface area contributed by atoms with Gasteiger partial charge in [-0.25, -0.2) is 9.78 Å². The molecular formula is C25H24N4O2. The minimum Gasteiger partial charge on any atom is -0.406 e. The molecule has 2 heterocycles. The van der Waals surface area contributed by atoms with Gasteiger partial charge in [0.15, 0.2) is 11.4 Å². The number of primary amides is 1. The van der Waals surface area contributed by atoms with Gasteiger partial charge < -0.3 is 16.2 Å². The first-order valence-corrected chi connectivity index (χ1v) is 10.4. The molecule has 1 aliphatic carbocycles. The van der Waals surface area contributed by atoms with Gasteiger partial charge in [-0.2, -0.15) is 0 Å². The number of carbonyl (C=O) groups excluding carboxylic acids is 1. The Kier molecular flexibility index (Phi) is 4.52. The lowest BCUT2D eigenvalue weighted by atomic mass is 9.72. The fourth-order valence-corrected chi connectivity index (χ4v) is 4.31. The molecule has 31 heavy (non-hydrogen) atoms. The standard InChI is InChI=1S/C25H24N4O2/c1-16-14-20(31-24(26)30)23-28-21(22(29(23)15-16)18-6-3-2-4-7-18)17-8-10-19(11-9-17)25(27)12-5-13-25/h2-4,6-11,14-15H,5,12-13,27H2,1H3,(H2,26,30). The van der Waals surface area contributed by atoms with Gasteiger partial charge in [0.05, 0.1) is 11.4 Å². The largest absolute Gasteiger partial charge is 0.410 e. The van der Waals surface area contributed by atoms with E-state index in [0.29, 0.717) is 11.4 Å². The molecule has 0 atom stereocenters. The minimum atomic E-state index is -0.864. The van der Waals surface area contributed by atoms with Crippen LogP contribution in [0.5, 0.6) is 5.75 Å². The quantitative estimate of drug-likeness (QED) is 0.505. The summed E-state index contributed by atoms with van der Waals surface area (Å²) in [4.78, 5) is 16.4. The maximum atomic E-state index is 11.5. The number of imidazole rings is 1. The SMILES string of the molecule is Cc1cc(OC(N)=O)c2nc(-c3ccc(C4(N)CCC4)cc3)c(-c3ccccc3)n2c1. The molecule has 0 unspecified atom stereocenters. The molecule has 1 aliphatic rings. The highest BCUT2D eigenvalue weighted by molar-refractivity contribution is 5.84. The van der Waals surface area contributed by atoms with Gasteiger partial charge in [0.25, 0.3) is 0 Å². The summed E-state index contributed by atoms with van der Waals surface area (Å²) in [7, 11) is 0. The van der Waals surface area contributed by atoms with Gasteiger partial charge in [-0.1, -0.05) is 54.6 Å². The van der Waals surface area contributed by atoms with Crippen LogP contribution in [0.4, 0.5) is 4.79 Å². The van der Waals surface area contributed by atoms with Crippen LogP contribution in [0.1, 0.15) is 30.4 Å².